The normalized spacial score (nSPS) is 11.1. The first-order chi connectivity index (χ1) is 9.47. The highest BCUT2D eigenvalue weighted by Gasteiger charge is 2.11. The van der Waals surface area contributed by atoms with E-state index in [1.54, 1.807) is 32.3 Å². The molecule has 0 aliphatic carbocycles. The molecule has 2 aromatic heterocycles. The van der Waals surface area contributed by atoms with Gasteiger partial charge in [0.25, 0.3) is 5.56 Å². The van der Waals surface area contributed by atoms with Gasteiger partial charge in [0.1, 0.15) is 0 Å². The van der Waals surface area contributed by atoms with Gasteiger partial charge in [0.05, 0.1) is 5.52 Å². The van der Waals surface area contributed by atoms with Gasteiger partial charge in [-0.05, 0) is 30.4 Å². The maximum absolute atomic E-state index is 12.2. The zero-order valence-corrected chi connectivity index (χ0v) is 11.5. The molecule has 0 saturated heterocycles. The molecule has 8 heteroatoms. The van der Waals surface area contributed by atoms with E-state index in [-0.39, 0.29) is 11.3 Å². The monoisotopic (exact) mass is 290 g/mol. The van der Waals surface area contributed by atoms with E-state index in [1.165, 1.54) is 9.25 Å². The lowest BCUT2D eigenvalue weighted by molar-refractivity contribution is 0.555. The van der Waals surface area contributed by atoms with Crippen molar-refractivity contribution in [2.75, 3.05) is 0 Å². The summed E-state index contributed by atoms with van der Waals surface area (Å²) in [5, 5.41) is 4.17. The van der Waals surface area contributed by atoms with Crippen LogP contribution in [0, 0.1) is 4.77 Å². The number of H-pyrrole nitrogens is 1. The molecule has 0 atom stereocenters. The lowest BCUT2D eigenvalue weighted by Gasteiger charge is -2.07. The Hall–Kier alpha value is -2.48. The third-order valence-corrected chi connectivity index (χ3v) is 3.55. The molecular weight excluding hydrogens is 280 g/mol. The molecule has 0 fully saturated rings. The number of aryl methyl sites for hydroxylation is 1. The molecule has 0 saturated carbocycles. The average Bonchev–Trinajstić information content (AvgIpc) is 2.79. The summed E-state index contributed by atoms with van der Waals surface area (Å²) in [4.78, 5) is 25.9. The summed E-state index contributed by atoms with van der Waals surface area (Å²) in [7, 11) is 3.26. The minimum Gasteiger partial charge on any atom is -0.408 e. The Kier molecular flexibility index (Phi) is 2.68. The zero-order valence-electron chi connectivity index (χ0n) is 10.7. The Bertz CT molecular complexity index is 992. The van der Waals surface area contributed by atoms with Gasteiger partial charge in [-0.15, -0.1) is 0 Å². The zero-order chi connectivity index (χ0) is 14.4. The summed E-state index contributed by atoms with van der Waals surface area (Å²) in [6.45, 7) is 0. The molecule has 7 nitrogen and oxygen atoms in total. The second-order valence-corrected chi connectivity index (χ2v) is 4.71. The summed E-state index contributed by atoms with van der Waals surface area (Å²) in [6.07, 6.45) is 0. The summed E-state index contributed by atoms with van der Waals surface area (Å²) in [5.41, 5.74) is 1.49. The maximum Gasteiger partial charge on any atom is 0.417 e. The molecular formula is C12H10N4O3S. The predicted octanol–water partition coefficient (Wildman–Crippen LogP) is 0.950. The van der Waals surface area contributed by atoms with E-state index in [9.17, 15) is 9.59 Å². The molecule has 0 unspecified atom stereocenters. The Morgan fingerprint density at radius 3 is 2.80 bits per heavy atom. The molecule has 3 aromatic rings. The summed E-state index contributed by atoms with van der Waals surface area (Å²) < 4.78 is 8.05. The Balaban J connectivity index is 2.33. The van der Waals surface area contributed by atoms with Crippen LogP contribution < -0.4 is 11.3 Å². The lowest BCUT2D eigenvalue weighted by atomic mass is 10.1. The lowest BCUT2D eigenvalue weighted by Crippen LogP contribution is -2.25. The fourth-order valence-corrected chi connectivity index (χ4v) is 2.10. The van der Waals surface area contributed by atoms with E-state index in [1.807, 2.05) is 0 Å². The number of nitrogens with one attached hydrogen (secondary N) is 1. The van der Waals surface area contributed by atoms with Gasteiger partial charge in [0.15, 0.2) is 16.0 Å². The van der Waals surface area contributed by atoms with Crippen LogP contribution in [0.5, 0.6) is 0 Å². The molecule has 2 heterocycles. The largest absolute Gasteiger partial charge is 0.417 e. The predicted molar refractivity (Wildman–Crippen MR) is 75.1 cm³/mol. The van der Waals surface area contributed by atoms with Crippen LogP contribution in [0.1, 0.15) is 0 Å². The molecule has 0 aliphatic rings. The van der Waals surface area contributed by atoms with Crippen LogP contribution in [0.4, 0.5) is 0 Å². The second-order valence-electron chi connectivity index (χ2n) is 4.34. The molecule has 0 radical (unpaired) electrons. The molecule has 1 N–H and O–H groups in total. The van der Waals surface area contributed by atoms with Crippen LogP contribution in [-0.4, -0.2) is 19.3 Å². The van der Waals surface area contributed by atoms with Crippen LogP contribution >= 0.6 is 12.2 Å². The van der Waals surface area contributed by atoms with Gasteiger partial charge in [-0.3, -0.25) is 14.3 Å². The minimum atomic E-state index is -0.538. The number of aromatic amines is 1. The van der Waals surface area contributed by atoms with Gasteiger partial charge in [0.2, 0.25) is 0 Å². The van der Waals surface area contributed by atoms with Gasteiger partial charge >= 0.3 is 5.76 Å². The summed E-state index contributed by atoms with van der Waals surface area (Å²) in [5.74, 6) is -0.538. The number of fused-ring (bicyclic) bond motifs is 1. The van der Waals surface area contributed by atoms with Crippen LogP contribution in [0.15, 0.2) is 32.2 Å². The quantitative estimate of drug-likeness (QED) is 0.674. The van der Waals surface area contributed by atoms with Gasteiger partial charge in [-0.2, -0.15) is 5.10 Å². The molecule has 0 spiro atoms. The van der Waals surface area contributed by atoms with Gasteiger partial charge in [0, 0.05) is 19.7 Å². The molecule has 1 aromatic carbocycles. The van der Waals surface area contributed by atoms with E-state index in [2.05, 4.69) is 10.1 Å². The number of benzene rings is 1. The van der Waals surface area contributed by atoms with Crippen molar-refractivity contribution in [1.29, 1.82) is 0 Å². The second kappa shape index (κ2) is 4.27. The standard InChI is InChI=1S/C12H10N4O3S/c1-15-10(17)9(14-16(2)12(15)20)6-3-4-8-7(5-6)13-11(18)19-8/h3-5H,1-2H3,(H,13,18). The van der Waals surface area contributed by atoms with Gasteiger partial charge in [-0.25, -0.2) is 9.48 Å². The fraction of sp³-hybridized carbons (Fsp3) is 0.167. The highest BCUT2D eigenvalue weighted by atomic mass is 32.1. The van der Waals surface area contributed by atoms with Crippen LogP contribution in [0.3, 0.4) is 0 Å². The first kappa shape index (κ1) is 12.5. The number of nitrogens with zero attached hydrogens (tertiary/aromatic N) is 3. The number of oxazole rings is 1. The maximum atomic E-state index is 12.2. The van der Waals surface area contributed by atoms with E-state index in [0.717, 1.165) is 0 Å². The fourth-order valence-electron chi connectivity index (χ4n) is 1.98. The van der Waals surface area contributed by atoms with E-state index in [0.29, 0.717) is 21.4 Å². The van der Waals surface area contributed by atoms with Crippen molar-refractivity contribution in [3.05, 3.63) is 43.9 Å². The number of aromatic nitrogens is 4. The van der Waals surface area contributed by atoms with Gasteiger partial charge in [-0.1, -0.05) is 0 Å². The highest BCUT2D eigenvalue weighted by Crippen LogP contribution is 2.18. The van der Waals surface area contributed by atoms with E-state index >= 15 is 0 Å². The number of hydrogen-bond acceptors (Lipinski definition) is 5. The van der Waals surface area contributed by atoms with Crippen molar-refractivity contribution in [3.8, 4) is 11.3 Å². The topological polar surface area (TPSA) is 85.8 Å². The highest BCUT2D eigenvalue weighted by molar-refractivity contribution is 7.71. The first-order valence-electron chi connectivity index (χ1n) is 5.75. The SMILES string of the molecule is Cn1nc(-c2ccc3oc(=O)[nH]c3c2)c(=O)n(C)c1=S. The van der Waals surface area contributed by atoms with Gasteiger partial charge < -0.3 is 4.42 Å². The summed E-state index contributed by atoms with van der Waals surface area (Å²) >= 11 is 5.07. The van der Waals surface area contributed by atoms with Crippen LogP contribution in [-0.2, 0) is 14.1 Å². The van der Waals surface area contributed by atoms with Crippen molar-refractivity contribution in [1.82, 2.24) is 19.3 Å². The first-order valence-corrected chi connectivity index (χ1v) is 6.16. The average molecular weight is 290 g/mol. The van der Waals surface area contributed by atoms with Crippen LogP contribution in [0.2, 0.25) is 0 Å². The van der Waals surface area contributed by atoms with E-state index in [4.69, 9.17) is 16.6 Å². The molecule has 0 amide bonds. The van der Waals surface area contributed by atoms with Crippen molar-refractivity contribution >= 4 is 23.3 Å². The minimum absolute atomic E-state index is 0.257. The number of hydrogen-bond donors (Lipinski definition) is 1. The molecule has 0 bridgehead atoms. The molecule has 20 heavy (non-hydrogen) atoms. The molecule has 3 rings (SSSR count). The molecule has 102 valence electrons. The van der Waals surface area contributed by atoms with Crippen molar-refractivity contribution in [2.45, 2.75) is 0 Å². The third kappa shape index (κ3) is 1.81. The third-order valence-electron chi connectivity index (χ3n) is 3.01. The number of rotatable bonds is 1. The van der Waals surface area contributed by atoms with Crippen LogP contribution in [0.25, 0.3) is 22.4 Å². The van der Waals surface area contributed by atoms with Crippen molar-refractivity contribution < 1.29 is 4.42 Å². The van der Waals surface area contributed by atoms with E-state index < -0.39 is 5.76 Å². The Morgan fingerprint density at radius 1 is 1.30 bits per heavy atom. The van der Waals surface area contributed by atoms with Crippen molar-refractivity contribution in [3.63, 3.8) is 0 Å². The molecule has 0 aliphatic heterocycles. The van der Waals surface area contributed by atoms with Crippen molar-refractivity contribution in [2.24, 2.45) is 14.1 Å². The Labute approximate surface area is 117 Å². The summed E-state index contributed by atoms with van der Waals surface area (Å²) in [6, 6.07) is 4.93. The smallest absolute Gasteiger partial charge is 0.408 e. The Morgan fingerprint density at radius 2 is 2.05 bits per heavy atom.